The second-order valence-electron chi connectivity index (χ2n) is 6.94. The first-order valence-electron chi connectivity index (χ1n) is 9.28. The monoisotopic (exact) mass is 459 g/mol. The van der Waals surface area contributed by atoms with Gasteiger partial charge in [0.25, 0.3) is 0 Å². The largest absolute Gasteiger partial charge is 0.496 e. The van der Waals surface area contributed by atoms with Crippen LogP contribution >= 0.6 is 15.9 Å². The van der Waals surface area contributed by atoms with Crippen LogP contribution in [0.15, 0.2) is 35.1 Å². The van der Waals surface area contributed by atoms with Crippen molar-refractivity contribution in [2.24, 2.45) is 0 Å². The molecule has 1 N–H and O–H groups in total. The van der Waals surface area contributed by atoms with Crippen molar-refractivity contribution in [2.45, 2.75) is 19.4 Å². The van der Waals surface area contributed by atoms with Crippen LogP contribution in [0.1, 0.15) is 13.3 Å². The number of halogens is 1. The van der Waals surface area contributed by atoms with E-state index >= 15 is 0 Å². The molecule has 0 bridgehead atoms. The van der Waals surface area contributed by atoms with Gasteiger partial charge in [0.1, 0.15) is 17.3 Å². The van der Waals surface area contributed by atoms with E-state index < -0.39 is 0 Å². The topological polar surface area (TPSA) is 81.0 Å². The summed E-state index contributed by atoms with van der Waals surface area (Å²) in [4.78, 5) is 22.9. The third-order valence-corrected chi connectivity index (χ3v) is 5.60. The summed E-state index contributed by atoms with van der Waals surface area (Å²) in [6, 6.07) is 5.88. The fraction of sp³-hybridized carbons (Fsp3) is 0.350. The summed E-state index contributed by atoms with van der Waals surface area (Å²) in [5.41, 5.74) is 1.60. The zero-order valence-corrected chi connectivity index (χ0v) is 18.1. The van der Waals surface area contributed by atoms with Gasteiger partial charge in [0.15, 0.2) is 0 Å². The normalized spacial score (nSPS) is 16.3. The zero-order valence-electron chi connectivity index (χ0n) is 16.5. The van der Waals surface area contributed by atoms with Gasteiger partial charge >= 0.3 is 0 Å². The summed E-state index contributed by atoms with van der Waals surface area (Å²) >= 11 is 3.52. The van der Waals surface area contributed by atoms with E-state index in [1.54, 1.807) is 21.1 Å². The molecule has 1 saturated heterocycles. The van der Waals surface area contributed by atoms with E-state index in [2.05, 4.69) is 26.1 Å². The van der Waals surface area contributed by atoms with E-state index in [1.807, 2.05) is 35.0 Å². The number of carbonyl (C=O) groups is 1. The number of hydrogen-bond donors (Lipinski definition) is 1. The number of nitrogens with zero attached hydrogens (tertiary/aromatic N) is 4. The van der Waals surface area contributed by atoms with Crippen molar-refractivity contribution < 1.29 is 14.3 Å². The number of carbonyl (C=O) groups excluding carboxylic acids is 1. The predicted molar refractivity (Wildman–Crippen MR) is 114 cm³/mol. The lowest BCUT2D eigenvalue weighted by atomic mass is 10.1. The van der Waals surface area contributed by atoms with Gasteiger partial charge in [0.05, 0.1) is 24.4 Å². The lowest BCUT2D eigenvalue weighted by molar-refractivity contribution is -0.119. The van der Waals surface area contributed by atoms with E-state index in [4.69, 9.17) is 19.4 Å². The van der Waals surface area contributed by atoms with Crippen LogP contribution in [0.3, 0.4) is 0 Å². The lowest BCUT2D eigenvalue weighted by Crippen LogP contribution is -2.35. The number of nitrogens with one attached hydrogen (secondary N) is 1. The number of rotatable bonds is 5. The lowest BCUT2D eigenvalue weighted by Gasteiger charge is -2.17. The average molecular weight is 460 g/mol. The Morgan fingerprint density at radius 2 is 2.03 bits per heavy atom. The molecule has 1 fully saturated rings. The Kier molecular flexibility index (Phi) is 5.31. The van der Waals surface area contributed by atoms with Crippen LogP contribution in [-0.4, -0.2) is 53.6 Å². The highest BCUT2D eigenvalue weighted by atomic mass is 79.9. The molecule has 3 heterocycles. The van der Waals surface area contributed by atoms with Crippen LogP contribution in [0.25, 0.3) is 17.0 Å². The zero-order chi connectivity index (χ0) is 20.5. The predicted octanol–water partition coefficient (Wildman–Crippen LogP) is 2.89. The maximum Gasteiger partial charge on any atom is 0.236 e. The minimum atomic E-state index is -0.00207. The molecule has 3 aromatic rings. The number of hydrogen-bond acceptors (Lipinski definition) is 6. The molecule has 0 spiro atoms. The molecule has 1 amide bonds. The number of fused-ring (bicyclic) bond motifs is 1. The highest BCUT2D eigenvalue weighted by Crippen LogP contribution is 2.38. The Morgan fingerprint density at radius 3 is 2.76 bits per heavy atom. The number of aromatic nitrogens is 3. The van der Waals surface area contributed by atoms with Crippen molar-refractivity contribution in [3.63, 3.8) is 0 Å². The maximum absolute atomic E-state index is 11.3. The first-order chi connectivity index (χ1) is 14.0. The van der Waals surface area contributed by atoms with E-state index in [1.165, 1.54) is 0 Å². The Labute approximate surface area is 177 Å². The molecule has 0 saturated carbocycles. The van der Waals surface area contributed by atoms with Crippen LogP contribution in [0.4, 0.5) is 5.82 Å². The van der Waals surface area contributed by atoms with Crippen molar-refractivity contribution in [2.75, 3.05) is 32.2 Å². The highest BCUT2D eigenvalue weighted by Gasteiger charge is 2.24. The van der Waals surface area contributed by atoms with E-state index in [0.717, 1.165) is 41.1 Å². The Morgan fingerprint density at radius 1 is 1.24 bits per heavy atom. The molecule has 1 aliphatic heterocycles. The number of imidazole rings is 1. The number of benzene rings is 1. The van der Waals surface area contributed by atoms with E-state index in [9.17, 15) is 4.79 Å². The number of amides is 1. The molecular weight excluding hydrogens is 438 g/mol. The third kappa shape index (κ3) is 3.87. The van der Waals surface area contributed by atoms with Crippen LogP contribution in [-0.2, 0) is 4.79 Å². The van der Waals surface area contributed by atoms with Crippen molar-refractivity contribution in [1.82, 2.24) is 19.7 Å². The fourth-order valence-corrected chi connectivity index (χ4v) is 4.11. The van der Waals surface area contributed by atoms with Gasteiger partial charge in [0, 0.05) is 50.1 Å². The Bertz CT molecular complexity index is 1070. The standard InChI is InChI=1S/C20H22BrN5O3/c1-12(27)22-13-4-6-25(10-13)19-5-7-26-11-16(23-20(26)24-19)14-8-15(21)18(29-3)9-17(14)28-2/h5,7-9,11,13H,4,6,10H2,1-3H3,(H,22,27). The highest BCUT2D eigenvalue weighted by molar-refractivity contribution is 9.10. The summed E-state index contributed by atoms with van der Waals surface area (Å²) in [6.45, 7) is 3.14. The average Bonchev–Trinajstić information content (AvgIpc) is 3.33. The van der Waals surface area contributed by atoms with Crippen molar-refractivity contribution in [3.8, 4) is 22.8 Å². The second kappa shape index (κ2) is 7.90. The third-order valence-electron chi connectivity index (χ3n) is 4.98. The molecule has 1 aromatic carbocycles. The molecule has 2 aromatic heterocycles. The van der Waals surface area contributed by atoms with Crippen molar-refractivity contribution >= 4 is 33.4 Å². The van der Waals surface area contributed by atoms with E-state index in [-0.39, 0.29) is 11.9 Å². The Balaban J connectivity index is 1.65. The molecule has 0 aliphatic carbocycles. The van der Waals surface area contributed by atoms with Crippen LogP contribution in [0.5, 0.6) is 11.5 Å². The maximum atomic E-state index is 11.3. The van der Waals surface area contributed by atoms with Crippen LogP contribution < -0.4 is 19.7 Å². The van der Waals surface area contributed by atoms with Crippen LogP contribution in [0.2, 0.25) is 0 Å². The quantitative estimate of drug-likeness (QED) is 0.631. The van der Waals surface area contributed by atoms with Crippen molar-refractivity contribution in [3.05, 3.63) is 35.1 Å². The molecule has 29 heavy (non-hydrogen) atoms. The molecule has 1 unspecified atom stereocenters. The number of anilines is 1. The van der Waals surface area contributed by atoms with Crippen molar-refractivity contribution in [1.29, 1.82) is 0 Å². The van der Waals surface area contributed by atoms with Gasteiger partial charge in [-0.05, 0) is 34.5 Å². The van der Waals surface area contributed by atoms with Gasteiger partial charge in [-0.25, -0.2) is 4.98 Å². The molecule has 1 aliphatic rings. The van der Waals surface area contributed by atoms with Gasteiger partial charge in [-0.2, -0.15) is 4.98 Å². The van der Waals surface area contributed by atoms with Crippen LogP contribution in [0, 0.1) is 0 Å². The smallest absolute Gasteiger partial charge is 0.236 e. The first-order valence-corrected chi connectivity index (χ1v) is 10.1. The molecule has 1 atom stereocenters. The molecule has 4 rings (SSSR count). The molecular formula is C20H22BrN5O3. The fourth-order valence-electron chi connectivity index (χ4n) is 3.60. The Hall–Kier alpha value is -2.81. The minimum absolute atomic E-state index is 0.00207. The molecule has 8 nitrogen and oxygen atoms in total. The van der Waals surface area contributed by atoms with Gasteiger partial charge in [-0.15, -0.1) is 0 Å². The summed E-state index contributed by atoms with van der Waals surface area (Å²) in [7, 11) is 3.24. The summed E-state index contributed by atoms with van der Waals surface area (Å²) in [5.74, 6) is 2.82. The number of ether oxygens (including phenoxy) is 2. The summed E-state index contributed by atoms with van der Waals surface area (Å²) < 4.78 is 13.6. The SMILES string of the molecule is COc1cc(OC)c(-c2cn3ccc(N4CCC(NC(C)=O)C4)nc3n2)cc1Br. The van der Waals surface area contributed by atoms with Gasteiger partial charge in [0.2, 0.25) is 11.7 Å². The molecule has 9 heteroatoms. The minimum Gasteiger partial charge on any atom is -0.496 e. The van der Waals surface area contributed by atoms with Gasteiger partial charge < -0.3 is 19.7 Å². The first kappa shape index (κ1) is 19.5. The van der Waals surface area contributed by atoms with E-state index in [0.29, 0.717) is 17.3 Å². The summed E-state index contributed by atoms with van der Waals surface area (Å²) in [6.07, 6.45) is 4.78. The van der Waals surface area contributed by atoms with Gasteiger partial charge in [-0.3, -0.25) is 9.20 Å². The number of methoxy groups -OCH3 is 2. The molecule has 152 valence electrons. The summed E-state index contributed by atoms with van der Waals surface area (Å²) in [5, 5.41) is 2.97. The van der Waals surface area contributed by atoms with Gasteiger partial charge in [-0.1, -0.05) is 0 Å². The second-order valence-corrected chi connectivity index (χ2v) is 7.79. The molecule has 0 radical (unpaired) electrons.